The van der Waals surface area contributed by atoms with Crippen LogP contribution in [-0.2, 0) is 0 Å². The molecule has 0 aliphatic rings. The van der Waals surface area contributed by atoms with E-state index < -0.39 is 10.5 Å². The second-order valence-corrected chi connectivity index (χ2v) is 6.40. The van der Waals surface area contributed by atoms with Gasteiger partial charge in [-0.05, 0) is 24.3 Å². The molecule has 5 nitrogen and oxygen atoms in total. The van der Waals surface area contributed by atoms with E-state index in [4.69, 9.17) is 46.4 Å². The molecule has 1 atom stereocenters. The zero-order valence-electron chi connectivity index (χ0n) is 10.5. The molecule has 21 heavy (non-hydrogen) atoms. The number of aromatic nitrogens is 3. The summed E-state index contributed by atoms with van der Waals surface area (Å²) in [4.78, 5) is 16.1. The number of rotatable bonds is 5. The minimum Gasteiger partial charge on any atom is -0.328 e. The van der Waals surface area contributed by atoms with Crippen LogP contribution in [0.5, 0.6) is 0 Å². The van der Waals surface area contributed by atoms with E-state index in [0.717, 1.165) is 0 Å². The molecule has 2 aromatic rings. The number of hydrogen-bond donors (Lipinski definition) is 1. The Morgan fingerprint density at radius 2 is 2.00 bits per heavy atom. The number of nitrogens with zero attached hydrogens (tertiary/aromatic N) is 3. The highest BCUT2D eigenvalue weighted by molar-refractivity contribution is 6.51. The van der Waals surface area contributed by atoms with Gasteiger partial charge >= 0.3 is 0 Å². The molecule has 0 aliphatic carbocycles. The molecule has 0 saturated carbocycles. The summed E-state index contributed by atoms with van der Waals surface area (Å²) in [5.74, 6) is -0.496. The van der Waals surface area contributed by atoms with Crippen LogP contribution in [0.2, 0.25) is 5.02 Å². The normalized spacial score (nSPS) is 13.0. The standard InChI is InChI=1S/C12H10Cl4N4O/c13-5-12(15,16)11(20-7-17-6-18-20)19-10(21)8-1-3-9(14)4-2-8/h1-4,6-7,11H,5H2,(H,19,21). The van der Waals surface area contributed by atoms with E-state index in [-0.39, 0.29) is 11.8 Å². The fraction of sp³-hybridized carbons (Fsp3) is 0.250. The minimum absolute atomic E-state index is 0.110. The van der Waals surface area contributed by atoms with Crippen molar-refractivity contribution in [1.82, 2.24) is 20.1 Å². The van der Waals surface area contributed by atoms with E-state index in [1.165, 1.54) is 17.3 Å². The highest BCUT2D eigenvalue weighted by atomic mass is 35.5. The van der Waals surface area contributed by atoms with Crippen molar-refractivity contribution in [3.63, 3.8) is 0 Å². The smallest absolute Gasteiger partial charge is 0.253 e. The van der Waals surface area contributed by atoms with E-state index in [1.54, 1.807) is 24.3 Å². The number of alkyl halides is 3. The lowest BCUT2D eigenvalue weighted by Crippen LogP contribution is -2.44. The summed E-state index contributed by atoms with van der Waals surface area (Å²) in [5.41, 5.74) is 0.406. The van der Waals surface area contributed by atoms with Crippen molar-refractivity contribution in [3.05, 3.63) is 47.5 Å². The summed E-state index contributed by atoms with van der Waals surface area (Å²) in [6.07, 6.45) is 1.82. The number of hydrogen-bond acceptors (Lipinski definition) is 3. The first-order valence-electron chi connectivity index (χ1n) is 5.78. The largest absolute Gasteiger partial charge is 0.328 e. The van der Waals surface area contributed by atoms with Gasteiger partial charge in [-0.1, -0.05) is 34.8 Å². The first kappa shape index (κ1) is 16.4. The molecule has 0 fully saturated rings. The summed E-state index contributed by atoms with van der Waals surface area (Å²) in [6.45, 7) is 0. The van der Waals surface area contributed by atoms with Crippen LogP contribution in [0.4, 0.5) is 0 Å². The van der Waals surface area contributed by atoms with Crippen molar-refractivity contribution < 1.29 is 4.79 Å². The van der Waals surface area contributed by atoms with Crippen LogP contribution >= 0.6 is 46.4 Å². The van der Waals surface area contributed by atoms with Gasteiger partial charge in [-0.15, -0.1) is 11.6 Å². The van der Waals surface area contributed by atoms with Crippen molar-refractivity contribution in [2.24, 2.45) is 0 Å². The van der Waals surface area contributed by atoms with Crippen LogP contribution in [0.3, 0.4) is 0 Å². The first-order valence-corrected chi connectivity index (χ1v) is 7.45. The molecule has 0 radical (unpaired) electrons. The van der Waals surface area contributed by atoms with Gasteiger partial charge in [-0.2, -0.15) is 5.10 Å². The van der Waals surface area contributed by atoms with Crippen molar-refractivity contribution in [3.8, 4) is 0 Å². The quantitative estimate of drug-likeness (QED) is 0.825. The summed E-state index contributed by atoms with van der Waals surface area (Å²) >= 11 is 23.8. The molecule has 112 valence electrons. The topological polar surface area (TPSA) is 59.8 Å². The lowest BCUT2D eigenvalue weighted by atomic mass is 10.2. The molecule has 0 aliphatic heterocycles. The van der Waals surface area contributed by atoms with Crippen molar-refractivity contribution in [2.75, 3.05) is 5.88 Å². The predicted octanol–water partition coefficient (Wildman–Crippen LogP) is 3.27. The van der Waals surface area contributed by atoms with E-state index >= 15 is 0 Å². The van der Waals surface area contributed by atoms with Gasteiger partial charge in [0, 0.05) is 10.6 Å². The van der Waals surface area contributed by atoms with Gasteiger partial charge < -0.3 is 5.32 Å². The van der Waals surface area contributed by atoms with Crippen molar-refractivity contribution >= 4 is 52.3 Å². The minimum atomic E-state index is -1.45. The van der Waals surface area contributed by atoms with Gasteiger partial charge in [0.2, 0.25) is 0 Å². The molecule has 2 rings (SSSR count). The monoisotopic (exact) mass is 366 g/mol. The first-order chi connectivity index (χ1) is 9.94. The van der Waals surface area contributed by atoms with Crippen LogP contribution in [0.1, 0.15) is 16.5 Å². The number of carbonyl (C=O) groups excluding carboxylic acids is 1. The van der Waals surface area contributed by atoms with Gasteiger partial charge in [0.05, 0.1) is 5.88 Å². The number of benzene rings is 1. The second kappa shape index (κ2) is 6.83. The average molecular weight is 368 g/mol. The van der Waals surface area contributed by atoms with Crippen LogP contribution in [0.25, 0.3) is 0 Å². The molecule has 0 bridgehead atoms. The van der Waals surface area contributed by atoms with Crippen LogP contribution in [-0.4, -0.2) is 30.9 Å². The highest BCUT2D eigenvalue weighted by Crippen LogP contribution is 2.33. The summed E-state index contributed by atoms with van der Waals surface area (Å²) < 4.78 is -0.118. The lowest BCUT2D eigenvalue weighted by molar-refractivity contribution is 0.0910. The van der Waals surface area contributed by atoms with E-state index in [2.05, 4.69) is 15.4 Å². The maximum atomic E-state index is 12.2. The molecule has 0 saturated heterocycles. The maximum absolute atomic E-state index is 12.2. The Hall–Kier alpha value is -1.01. The van der Waals surface area contributed by atoms with E-state index in [0.29, 0.717) is 10.6 Å². The number of nitrogens with one attached hydrogen (secondary N) is 1. The predicted molar refractivity (Wildman–Crippen MR) is 83.1 cm³/mol. The van der Waals surface area contributed by atoms with Gasteiger partial charge in [-0.3, -0.25) is 4.79 Å². The Morgan fingerprint density at radius 1 is 1.33 bits per heavy atom. The molecule has 1 unspecified atom stereocenters. The molecular weight excluding hydrogens is 358 g/mol. The van der Waals surface area contributed by atoms with E-state index in [9.17, 15) is 4.79 Å². The number of halogens is 4. The van der Waals surface area contributed by atoms with Gasteiger partial charge in [0.15, 0.2) is 10.5 Å². The van der Waals surface area contributed by atoms with Crippen molar-refractivity contribution in [2.45, 2.75) is 10.5 Å². The van der Waals surface area contributed by atoms with Crippen LogP contribution < -0.4 is 5.32 Å². The zero-order valence-corrected chi connectivity index (χ0v) is 13.5. The fourth-order valence-corrected chi connectivity index (χ4v) is 2.18. The average Bonchev–Trinajstić information content (AvgIpc) is 2.98. The molecule has 1 amide bonds. The maximum Gasteiger partial charge on any atom is 0.253 e. The number of carbonyl (C=O) groups is 1. The molecule has 1 heterocycles. The third kappa shape index (κ3) is 4.01. The van der Waals surface area contributed by atoms with Gasteiger partial charge in [0.25, 0.3) is 5.91 Å². The van der Waals surface area contributed by atoms with Crippen molar-refractivity contribution in [1.29, 1.82) is 0 Å². The third-order valence-corrected chi connectivity index (χ3v) is 4.28. The Bertz CT molecular complexity index is 600. The van der Waals surface area contributed by atoms with Crippen LogP contribution in [0, 0.1) is 0 Å². The molecule has 1 aromatic carbocycles. The lowest BCUT2D eigenvalue weighted by Gasteiger charge is -2.28. The highest BCUT2D eigenvalue weighted by Gasteiger charge is 2.37. The Kier molecular flexibility index (Phi) is 5.32. The van der Waals surface area contributed by atoms with E-state index in [1.807, 2.05) is 0 Å². The molecule has 1 N–H and O–H groups in total. The van der Waals surface area contributed by atoms with Gasteiger partial charge in [0.1, 0.15) is 12.7 Å². The Morgan fingerprint density at radius 3 is 2.52 bits per heavy atom. The van der Waals surface area contributed by atoms with Gasteiger partial charge in [-0.25, -0.2) is 9.67 Å². The Labute approximate surface area is 141 Å². The molecular formula is C12H10Cl4N4O. The summed E-state index contributed by atoms with van der Waals surface area (Å²) in [6, 6.07) is 6.38. The molecule has 0 spiro atoms. The summed E-state index contributed by atoms with van der Waals surface area (Å²) in [5, 5.41) is 7.14. The zero-order chi connectivity index (χ0) is 15.5. The summed E-state index contributed by atoms with van der Waals surface area (Å²) in [7, 11) is 0. The van der Waals surface area contributed by atoms with Crippen LogP contribution in [0.15, 0.2) is 36.9 Å². The fourth-order valence-electron chi connectivity index (χ4n) is 1.60. The molecule has 1 aromatic heterocycles. The Balaban J connectivity index is 2.23. The third-order valence-electron chi connectivity index (χ3n) is 2.65. The second-order valence-electron chi connectivity index (χ2n) is 4.15. The SMILES string of the molecule is O=C(NC(n1cncn1)C(Cl)(Cl)CCl)c1ccc(Cl)cc1. The molecule has 9 heteroatoms. The number of amides is 1.